The van der Waals surface area contributed by atoms with Crippen molar-refractivity contribution in [3.05, 3.63) is 0 Å². The van der Waals surface area contributed by atoms with E-state index < -0.39 is 0 Å². The van der Waals surface area contributed by atoms with Gasteiger partial charge in [0.2, 0.25) is 0 Å². The minimum Gasteiger partial charge on any atom is -0.381 e. The second-order valence-corrected chi connectivity index (χ2v) is 4.82. The third-order valence-corrected chi connectivity index (χ3v) is 2.82. The molecule has 1 aliphatic heterocycles. The van der Waals surface area contributed by atoms with Gasteiger partial charge in [-0.2, -0.15) is 0 Å². The van der Waals surface area contributed by atoms with Gasteiger partial charge in [-0.25, -0.2) is 0 Å². The Kier molecular flexibility index (Phi) is 6.20. The van der Waals surface area contributed by atoms with Crippen LogP contribution in [0.2, 0.25) is 0 Å². The molecule has 0 radical (unpaired) electrons. The van der Waals surface area contributed by atoms with Gasteiger partial charge in [0.1, 0.15) is 0 Å². The van der Waals surface area contributed by atoms with E-state index in [-0.39, 0.29) is 0 Å². The Morgan fingerprint density at radius 3 is 2.93 bits per heavy atom. The first-order valence-electron chi connectivity index (χ1n) is 6.07. The largest absolute Gasteiger partial charge is 0.381 e. The smallest absolute Gasteiger partial charge is 0.0506 e. The minimum absolute atomic E-state index is 0.766. The molecule has 1 aliphatic rings. The van der Waals surface area contributed by atoms with Crippen LogP contribution in [0.4, 0.5) is 0 Å². The third-order valence-electron chi connectivity index (χ3n) is 2.82. The highest BCUT2D eigenvalue weighted by molar-refractivity contribution is 4.65. The molecule has 1 atom stereocenters. The third kappa shape index (κ3) is 5.61. The highest BCUT2D eigenvalue weighted by Gasteiger charge is 2.12. The molecule has 2 nitrogen and oxygen atoms in total. The minimum atomic E-state index is 0.766. The zero-order valence-corrected chi connectivity index (χ0v) is 9.72. The van der Waals surface area contributed by atoms with Crippen LogP contribution in [-0.4, -0.2) is 26.3 Å². The van der Waals surface area contributed by atoms with Gasteiger partial charge in [0, 0.05) is 13.2 Å². The summed E-state index contributed by atoms with van der Waals surface area (Å²) in [6, 6.07) is 0. The monoisotopic (exact) mass is 199 g/mol. The van der Waals surface area contributed by atoms with Crippen LogP contribution in [0.1, 0.15) is 39.5 Å². The van der Waals surface area contributed by atoms with E-state index >= 15 is 0 Å². The average Bonchev–Trinajstić information content (AvgIpc) is 2.18. The average molecular weight is 199 g/mol. The Morgan fingerprint density at radius 2 is 2.29 bits per heavy atom. The van der Waals surface area contributed by atoms with E-state index in [1.807, 2.05) is 0 Å². The van der Waals surface area contributed by atoms with E-state index in [0.29, 0.717) is 0 Å². The van der Waals surface area contributed by atoms with Gasteiger partial charge in [-0.1, -0.05) is 13.8 Å². The molecular weight excluding hydrogens is 174 g/mol. The lowest BCUT2D eigenvalue weighted by Crippen LogP contribution is -2.29. The van der Waals surface area contributed by atoms with E-state index in [1.54, 1.807) is 0 Å². The molecular formula is C12H25NO. The lowest BCUT2D eigenvalue weighted by molar-refractivity contribution is 0.0549. The number of ether oxygens (including phenoxy) is 1. The summed E-state index contributed by atoms with van der Waals surface area (Å²) in [5.74, 6) is 1.61. The zero-order chi connectivity index (χ0) is 10.2. The molecule has 0 aliphatic carbocycles. The van der Waals surface area contributed by atoms with Crippen molar-refractivity contribution in [3.8, 4) is 0 Å². The van der Waals surface area contributed by atoms with Crippen molar-refractivity contribution >= 4 is 0 Å². The molecule has 1 N–H and O–H groups in total. The lowest BCUT2D eigenvalue weighted by atomic mass is 10.0. The van der Waals surface area contributed by atoms with Crippen molar-refractivity contribution in [1.82, 2.24) is 5.32 Å². The number of rotatable bonds is 6. The van der Waals surface area contributed by atoms with Crippen LogP contribution in [0.3, 0.4) is 0 Å². The SMILES string of the molecule is CC(C)CCCNCC1CCCOC1. The zero-order valence-electron chi connectivity index (χ0n) is 9.72. The highest BCUT2D eigenvalue weighted by atomic mass is 16.5. The maximum absolute atomic E-state index is 5.44. The molecule has 14 heavy (non-hydrogen) atoms. The highest BCUT2D eigenvalue weighted by Crippen LogP contribution is 2.12. The van der Waals surface area contributed by atoms with Gasteiger partial charge in [-0.15, -0.1) is 0 Å². The molecule has 1 rings (SSSR count). The molecule has 0 aromatic carbocycles. The summed E-state index contributed by atoms with van der Waals surface area (Å²) in [6.45, 7) is 8.84. The Labute approximate surface area is 88.4 Å². The summed E-state index contributed by atoms with van der Waals surface area (Å²) in [7, 11) is 0. The van der Waals surface area contributed by atoms with E-state index in [4.69, 9.17) is 4.74 Å². The molecule has 0 bridgehead atoms. The van der Waals surface area contributed by atoms with E-state index in [9.17, 15) is 0 Å². The van der Waals surface area contributed by atoms with Crippen LogP contribution >= 0.6 is 0 Å². The standard InChI is InChI=1S/C12H25NO/c1-11(2)5-3-7-13-9-12-6-4-8-14-10-12/h11-13H,3-10H2,1-2H3. The first kappa shape index (κ1) is 12.0. The Morgan fingerprint density at radius 1 is 1.43 bits per heavy atom. The van der Waals surface area contributed by atoms with Crippen molar-refractivity contribution < 1.29 is 4.74 Å². The van der Waals surface area contributed by atoms with Gasteiger partial charge in [0.05, 0.1) is 6.61 Å². The number of nitrogens with one attached hydrogen (secondary N) is 1. The molecule has 0 aromatic rings. The maximum Gasteiger partial charge on any atom is 0.0506 e. The van der Waals surface area contributed by atoms with Gasteiger partial charge in [-0.3, -0.25) is 0 Å². The molecule has 1 unspecified atom stereocenters. The maximum atomic E-state index is 5.44. The normalized spacial score (nSPS) is 22.9. The van der Waals surface area contributed by atoms with Crippen molar-refractivity contribution in [2.45, 2.75) is 39.5 Å². The van der Waals surface area contributed by atoms with Gasteiger partial charge in [0.25, 0.3) is 0 Å². The fourth-order valence-electron chi connectivity index (χ4n) is 1.91. The van der Waals surface area contributed by atoms with Crippen molar-refractivity contribution in [2.75, 3.05) is 26.3 Å². The Hall–Kier alpha value is -0.0800. The molecule has 0 amide bonds. The molecule has 1 heterocycles. The van der Waals surface area contributed by atoms with E-state index in [0.717, 1.165) is 31.6 Å². The second-order valence-electron chi connectivity index (χ2n) is 4.82. The summed E-state index contributed by atoms with van der Waals surface area (Å²) in [5, 5.41) is 3.53. The number of hydrogen-bond donors (Lipinski definition) is 1. The van der Waals surface area contributed by atoms with Gasteiger partial charge < -0.3 is 10.1 Å². The predicted octanol–water partition coefficient (Wildman–Crippen LogP) is 2.44. The molecule has 2 heteroatoms. The van der Waals surface area contributed by atoms with Gasteiger partial charge >= 0.3 is 0 Å². The summed E-state index contributed by atoms with van der Waals surface area (Å²) in [6.07, 6.45) is 5.24. The van der Waals surface area contributed by atoms with Crippen LogP contribution < -0.4 is 5.32 Å². The molecule has 0 spiro atoms. The van der Waals surface area contributed by atoms with Gasteiger partial charge in [-0.05, 0) is 44.1 Å². The van der Waals surface area contributed by atoms with Crippen LogP contribution in [0.5, 0.6) is 0 Å². The molecule has 84 valence electrons. The van der Waals surface area contributed by atoms with E-state index in [2.05, 4.69) is 19.2 Å². The van der Waals surface area contributed by atoms with Crippen molar-refractivity contribution in [2.24, 2.45) is 11.8 Å². The van der Waals surface area contributed by atoms with Crippen LogP contribution in [0.25, 0.3) is 0 Å². The quantitative estimate of drug-likeness (QED) is 0.663. The summed E-state index contributed by atoms with van der Waals surface area (Å²) < 4.78 is 5.44. The number of hydrogen-bond acceptors (Lipinski definition) is 2. The second kappa shape index (κ2) is 7.24. The molecule has 0 saturated carbocycles. The summed E-state index contributed by atoms with van der Waals surface area (Å²) in [4.78, 5) is 0. The van der Waals surface area contributed by atoms with Crippen LogP contribution in [0.15, 0.2) is 0 Å². The van der Waals surface area contributed by atoms with Gasteiger partial charge in [0.15, 0.2) is 0 Å². The molecule has 0 aromatic heterocycles. The molecule has 1 saturated heterocycles. The topological polar surface area (TPSA) is 21.3 Å². The van der Waals surface area contributed by atoms with Crippen LogP contribution in [-0.2, 0) is 4.74 Å². The lowest BCUT2D eigenvalue weighted by Gasteiger charge is -2.22. The van der Waals surface area contributed by atoms with E-state index in [1.165, 1.54) is 32.2 Å². The Bertz CT molecular complexity index is 130. The predicted molar refractivity (Wildman–Crippen MR) is 60.5 cm³/mol. The Balaban J connectivity index is 1.87. The van der Waals surface area contributed by atoms with Crippen molar-refractivity contribution in [3.63, 3.8) is 0 Å². The van der Waals surface area contributed by atoms with Crippen molar-refractivity contribution in [1.29, 1.82) is 0 Å². The first-order valence-corrected chi connectivity index (χ1v) is 6.07. The fraction of sp³-hybridized carbons (Fsp3) is 1.00. The van der Waals surface area contributed by atoms with Crippen LogP contribution in [0, 0.1) is 11.8 Å². The summed E-state index contributed by atoms with van der Waals surface area (Å²) in [5.41, 5.74) is 0. The first-order chi connectivity index (χ1) is 6.79. The fourth-order valence-corrected chi connectivity index (χ4v) is 1.91. The summed E-state index contributed by atoms with van der Waals surface area (Å²) >= 11 is 0. The molecule has 1 fully saturated rings.